The lowest BCUT2D eigenvalue weighted by Crippen LogP contribution is -2.36. The first-order chi connectivity index (χ1) is 14.3. The minimum absolute atomic E-state index is 0.0926. The van der Waals surface area contributed by atoms with E-state index in [1.54, 1.807) is 25.2 Å². The van der Waals surface area contributed by atoms with Crippen molar-refractivity contribution in [3.8, 4) is 0 Å². The van der Waals surface area contributed by atoms with Gasteiger partial charge in [0.1, 0.15) is 6.61 Å². The van der Waals surface area contributed by atoms with Crippen LogP contribution in [0.25, 0.3) is 0 Å². The van der Waals surface area contributed by atoms with E-state index in [0.29, 0.717) is 30.5 Å². The van der Waals surface area contributed by atoms with Crippen LogP contribution < -0.4 is 10.6 Å². The van der Waals surface area contributed by atoms with Crippen LogP contribution in [0.2, 0.25) is 0 Å². The zero-order chi connectivity index (χ0) is 22.0. The second-order valence-corrected chi connectivity index (χ2v) is 6.94. The lowest BCUT2D eigenvalue weighted by Gasteiger charge is -2.12. The predicted molar refractivity (Wildman–Crippen MR) is 109 cm³/mol. The predicted octanol–water partition coefficient (Wildman–Crippen LogP) is 4.52. The number of ether oxygens (including phenoxy) is 1. The van der Waals surface area contributed by atoms with Gasteiger partial charge < -0.3 is 19.9 Å². The number of benzene rings is 1. The maximum Gasteiger partial charge on any atom is 0.411 e. The number of hydrogen-bond donors (Lipinski definition) is 2. The number of aromatic nitrogens is 1. The first-order valence-electron chi connectivity index (χ1n) is 9.96. The molecule has 2 N–H and O–H groups in total. The molecule has 0 aliphatic carbocycles. The van der Waals surface area contributed by atoms with Crippen molar-refractivity contribution in [1.82, 2.24) is 15.8 Å². The van der Waals surface area contributed by atoms with Crippen molar-refractivity contribution in [3.63, 3.8) is 0 Å². The summed E-state index contributed by atoms with van der Waals surface area (Å²) in [5, 5.41) is 10.5. The molecule has 0 spiro atoms. The molecular formula is C21H29F3N4O2. The summed E-state index contributed by atoms with van der Waals surface area (Å²) in [5.41, 5.74) is 2.54. The fourth-order valence-electron chi connectivity index (χ4n) is 3.00. The highest BCUT2D eigenvalue weighted by Gasteiger charge is 2.27. The number of alkyl halides is 3. The molecule has 30 heavy (non-hydrogen) atoms. The third-order valence-corrected chi connectivity index (χ3v) is 4.62. The average molecular weight is 426 g/mol. The second-order valence-electron chi connectivity index (χ2n) is 6.94. The average Bonchev–Trinajstić information content (AvgIpc) is 3.17. The number of aliphatic imine (C=N–C) groups is 1. The Morgan fingerprint density at radius 2 is 1.83 bits per heavy atom. The molecule has 1 heterocycles. The molecule has 0 atom stereocenters. The van der Waals surface area contributed by atoms with Crippen LogP contribution in [0.3, 0.4) is 0 Å². The van der Waals surface area contributed by atoms with Gasteiger partial charge in [0.25, 0.3) is 0 Å². The van der Waals surface area contributed by atoms with Crippen molar-refractivity contribution >= 4 is 5.96 Å². The van der Waals surface area contributed by atoms with Crippen LogP contribution in [0.15, 0.2) is 39.8 Å². The summed E-state index contributed by atoms with van der Waals surface area (Å²) in [7, 11) is 1.66. The molecule has 0 amide bonds. The lowest BCUT2D eigenvalue weighted by molar-refractivity contribution is -0.176. The lowest BCUT2D eigenvalue weighted by atomic mass is 9.99. The Morgan fingerprint density at radius 1 is 1.13 bits per heavy atom. The van der Waals surface area contributed by atoms with E-state index >= 15 is 0 Å². The van der Waals surface area contributed by atoms with Crippen LogP contribution in [-0.4, -0.2) is 30.9 Å². The van der Waals surface area contributed by atoms with Crippen molar-refractivity contribution < 1.29 is 22.4 Å². The molecule has 0 saturated carbocycles. The van der Waals surface area contributed by atoms with Gasteiger partial charge in [-0.2, -0.15) is 13.2 Å². The molecule has 0 saturated heterocycles. The Labute approximate surface area is 174 Å². The van der Waals surface area contributed by atoms with Crippen LogP contribution in [0.4, 0.5) is 13.2 Å². The molecule has 0 fully saturated rings. The molecule has 0 radical (unpaired) electrons. The Kier molecular flexibility index (Phi) is 9.16. The zero-order valence-electron chi connectivity index (χ0n) is 17.6. The van der Waals surface area contributed by atoms with E-state index in [1.807, 2.05) is 12.1 Å². The Balaban J connectivity index is 1.82. The molecule has 1 aromatic heterocycles. The van der Waals surface area contributed by atoms with Crippen molar-refractivity contribution in [2.24, 2.45) is 4.99 Å². The molecule has 1 aromatic carbocycles. The van der Waals surface area contributed by atoms with Gasteiger partial charge in [-0.1, -0.05) is 43.3 Å². The molecule has 2 aromatic rings. The molecule has 6 nitrogen and oxygen atoms in total. The number of halogens is 3. The smallest absolute Gasteiger partial charge is 0.367 e. The summed E-state index contributed by atoms with van der Waals surface area (Å²) in [6.07, 6.45) is -2.30. The van der Waals surface area contributed by atoms with Gasteiger partial charge in [-0.3, -0.25) is 4.99 Å². The summed E-state index contributed by atoms with van der Waals surface area (Å²) in [6, 6.07) is 9.16. The van der Waals surface area contributed by atoms with Crippen molar-refractivity contribution in [2.75, 3.05) is 13.7 Å². The maximum atomic E-state index is 12.2. The zero-order valence-corrected chi connectivity index (χ0v) is 17.6. The summed E-state index contributed by atoms with van der Waals surface area (Å²) < 4.78 is 46.7. The third kappa shape index (κ3) is 8.06. The van der Waals surface area contributed by atoms with Gasteiger partial charge in [0.2, 0.25) is 0 Å². The monoisotopic (exact) mass is 426 g/mol. The van der Waals surface area contributed by atoms with Gasteiger partial charge in [0, 0.05) is 25.6 Å². The standard InChI is InChI=1S/C21H29F3N4O2/c1-4-17(5-2)19-10-18(30-28-19)12-27-20(25-3)26-11-15-7-6-8-16(9-15)13-29-14-21(22,23)24/h6-10,17H,4-5,11-14H2,1-3H3,(H2,25,26,27). The summed E-state index contributed by atoms with van der Waals surface area (Å²) in [5.74, 6) is 1.70. The van der Waals surface area contributed by atoms with Gasteiger partial charge >= 0.3 is 6.18 Å². The molecule has 0 aliphatic rings. The molecule has 0 bridgehead atoms. The van der Waals surface area contributed by atoms with E-state index in [2.05, 4.69) is 34.6 Å². The van der Waals surface area contributed by atoms with Gasteiger partial charge in [-0.05, 0) is 24.0 Å². The topological polar surface area (TPSA) is 71.7 Å². The first kappa shape index (κ1) is 23.7. The minimum atomic E-state index is -4.32. The Hall–Kier alpha value is -2.55. The number of guanidine groups is 1. The fraction of sp³-hybridized carbons (Fsp3) is 0.524. The van der Waals surface area contributed by atoms with Crippen molar-refractivity contribution in [1.29, 1.82) is 0 Å². The summed E-state index contributed by atoms with van der Waals surface area (Å²) in [4.78, 5) is 4.17. The van der Waals surface area contributed by atoms with Crippen molar-refractivity contribution in [3.05, 3.63) is 52.9 Å². The van der Waals surface area contributed by atoms with Crippen LogP contribution in [0, 0.1) is 0 Å². The van der Waals surface area contributed by atoms with E-state index in [0.717, 1.165) is 29.9 Å². The third-order valence-electron chi connectivity index (χ3n) is 4.62. The number of nitrogens with one attached hydrogen (secondary N) is 2. The number of nitrogens with zero attached hydrogens (tertiary/aromatic N) is 2. The van der Waals surface area contributed by atoms with E-state index < -0.39 is 12.8 Å². The summed E-state index contributed by atoms with van der Waals surface area (Å²) >= 11 is 0. The van der Waals surface area contributed by atoms with E-state index in [-0.39, 0.29) is 6.61 Å². The maximum absolute atomic E-state index is 12.2. The van der Waals surface area contributed by atoms with E-state index in [9.17, 15) is 13.2 Å². The molecule has 2 rings (SSSR count). The summed E-state index contributed by atoms with van der Waals surface area (Å²) in [6.45, 7) is 3.81. The molecule has 0 unspecified atom stereocenters. The quantitative estimate of drug-likeness (QED) is 0.432. The highest BCUT2D eigenvalue weighted by Crippen LogP contribution is 2.22. The fourth-order valence-corrected chi connectivity index (χ4v) is 3.00. The SMILES string of the molecule is CCC(CC)c1cc(CNC(=NC)NCc2cccc(COCC(F)(F)F)c2)on1. The van der Waals surface area contributed by atoms with E-state index in [4.69, 9.17) is 9.26 Å². The molecule has 9 heteroatoms. The minimum Gasteiger partial charge on any atom is -0.367 e. The molecule has 166 valence electrons. The largest absolute Gasteiger partial charge is 0.411 e. The van der Waals surface area contributed by atoms with Crippen LogP contribution >= 0.6 is 0 Å². The Morgan fingerprint density at radius 3 is 2.50 bits per heavy atom. The number of hydrogen-bond acceptors (Lipinski definition) is 4. The molecular weight excluding hydrogens is 397 g/mol. The van der Waals surface area contributed by atoms with Crippen LogP contribution in [-0.2, 0) is 24.4 Å². The highest BCUT2D eigenvalue weighted by atomic mass is 19.4. The van der Waals surface area contributed by atoms with Gasteiger partial charge in [0.15, 0.2) is 11.7 Å². The first-order valence-corrected chi connectivity index (χ1v) is 9.96. The number of rotatable bonds is 10. The van der Waals surface area contributed by atoms with Crippen LogP contribution in [0.5, 0.6) is 0 Å². The second kappa shape index (κ2) is 11.6. The van der Waals surface area contributed by atoms with E-state index in [1.165, 1.54) is 0 Å². The molecule has 0 aliphatic heterocycles. The van der Waals surface area contributed by atoms with Gasteiger partial charge in [-0.25, -0.2) is 0 Å². The van der Waals surface area contributed by atoms with Crippen LogP contribution in [0.1, 0.15) is 55.2 Å². The van der Waals surface area contributed by atoms with Gasteiger partial charge in [0.05, 0.1) is 18.8 Å². The highest BCUT2D eigenvalue weighted by molar-refractivity contribution is 5.79. The van der Waals surface area contributed by atoms with Gasteiger partial charge in [-0.15, -0.1) is 0 Å². The normalized spacial score (nSPS) is 12.4. The van der Waals surface area contributed by atoms with Crippen molar-refractivity contribution in [2.45, 2.75) is 58.5 Å². The Bertz CT molecular complexity index is 802.